The van der Waals surface area contributed by atoms with E-state index in [4.69, 9.17) is 9.47 Å². The third-order valence-electron chi connectivity index (χ3n) is 6.42. The average molecular weight is 458 g/mol. The van der Waals surface area contributed by atoms with Gasteiger partial charge in [-0.3, -0.25) is 4.79 Å². The van der Waals surface area contributed by atoms with E-state index < -0.39 is 0 Å². The van der Waals surface area contributed by atoms with Crippen molar-refractivity contribution < 1.29 is 19.1 Å². The summed E-state index contributed by atoms with van der Waals surface area (Å²) in [5, 5.41) is 3.12. The van der Waals surface area contributed by atoms with Crippen molar-refractivity contribution in [3.05, 3.63) is 35.9 Å². The van der Waals surface area contributed by atoms with Crippen LogP contribution in [0, 0.1) is 5.92 Å². The molecule has 0 spiro atoms. The van der Waals surface area contributed by atoms with Crippen LogP contribution in [0.4, 0.5) is 0 Å². The van der Waals surface area contributed by atoms with Gasteiger partial charge in [-0.1, -0.05) is 65.0 Å². The first-order chi connectivity index (χ1) is 16.0. The van der Waals surface area contributed by atoms with E-state index in [0.717, 1.165) is 56.4 Å². The van der Waals surface area contributed by atoms with E-state index in [-0.39, 0.29) is 29.9 Å². The molecule has 1 fully saturated rings. The molecule has 0 bridgehead atoms. The Balaban J connectivity index is 1.63. The molecule has 1 aromatic rings. The van der Waals surface area contributed by atoms with Crippen molar-refractivity contribution in [1.82, 2.24) is 5.32 Å². The van der Waals surface area contributed by atoms with E-state index in [2.05, 4.69) is 12.2 Å². The number of hydrogen-bond donors (Lipinski definition) is 1. The van der Waals surface area contributed by atoms with Crippen LogP contribution in [0.3, 0.4) is 0 Å². The van der Waals surface area contributed by atoms with Gasteiger partial charge in [-0.2, -0.15) is 0 Å². The second-order valence-electron chi connectivity index (χ2n) is 9.25. The minimum atomic E-state index is -0.314. The molecule has 33 heavy (non-hydrogen) atoms. The summed E-state index contributed by atoms with van der Waals surface area (Å²) in [7, 11) is 0. The summed E-state index contributed by atoms with van der Waals surface area (Å²) in [6.45, 7) is 6.95. The largest absolute Gasteiger partial charge is 0.494 e. The van der Waals surface area contributed by atoms with E-state index in [1.807, 2.05) is 38.1 Å². The molecule has 1 aliphatic carbocycles. The number of carbonyl (C=O) groups is 2. The van der Waals surface area contributed by atoms with Gasteiger partial charge in [0.1, 0.15) is 11.9 Å². The molecule has 0 radical (unpaired) electrons. The summed E-state index contributed by atoms with van der Waals surface area (Å²) in [6, 6.07) is 7.98. The number of carbonyl (C=O) groups excluding carboxylic acids is 2. The van der Waals surface area contributed by atoms with Crippen molar-refractivity contribution in [2.24, 2.45) is 5.92 Å². The SMILES string of the molecule is CCCCCCCCOc1ccc(/C=C/C(=O)OC2CCC(NC(=O)C(C)CC)CC2)cc1. The first-order valence-electron chi connectivity index (χ1n) is 12.9. The summed E-state index contributed by atoms with van der Waals surface area (Å²) < 4.78 is 11.4. The molecule has 1 N–H and O–H groups in total. The Labute approximate surface area is 200 Å². The monoisotopic (exact) mass is 457 g/mol. The van der Waals surface area contributed by atoms with Gasteiger partial charge in [-0.15, -0.1) is 0 Å². The van der Waals surface area contributed by atoms with Gasteiger partial charge in [0.2, 0.25) is 5.91 Å². The van der Waals surface area contributed by atoms with Crippen molar-refractivity contribution in [2.75, 3.05) is 6.61 Å². The predicted octanol–water partition coefficient (Wildman–Crippen LogP) is 6.46. The van der Waals surface area contributed by atoms with E-state index in [0.29, 0.717) is 0 Å². The highest BCUT2D eigenvalue weighted by Crippen LogP contribution is 2.22. The zero-order valence-electron chi connectivity index (χ0n) is 20.8. The van der Waals surface area contributed by atoms with Crippen LogP contribution in [0.1, 0.15) is 97.0 Å². The molecule has 0 heterocycles. The van der Waals surface area contributed by atoms with Gasteiger partial charge in [-0.05, 0) is 62.3 Å². The van der Waals surface area contributed by atoms with Gasteiger partial charge in [0.25, 0.3) is 0 Å². The van der Waals surface area contributed by atoms with E-state index in [1.54, 1.807) is 6.08 Å². The second kappa shape index (κ2) is 15.5. The predicted molar refractivity (Wildman–Crippen MR) is 134 cm³/mol. The molecule has 1 aromatic carbocycles. The lowest BCUT2D eigenvalue weighted by Gasteiger charge is -2.29. The standard InChI is InChI=1S/C28H43NO4/c1-4-6-7-8-9-10-21-32-25-16-11-23(12-17-25)13-20-27(30)33-26-18-14-24(15-19-26)29-28(31)22(3)5-2/h11-13,16-17,20,22,24,26H,4-10,14-15,18-19,21H2,1-3H3,(H,29,31)/b20-13+. The molecule has 184 valence electrons. The smallest absolute Gasteiger partial charge is 0.331 e. The molecule has 1 atom stereocenters. The Hall–Kier alpha value is -2.30. The van der Waals surface area contributed by atoms with Crippen molar-refractivity contribution in [1.29, 1.82) is 0 Å². The fraction of sp³-hybridized carbons (Fsp3) is 0.643. The number of ether oxygens (including phenoxy) is 2. The van der Waals surface area contributed by atoms with Gasteiger partial charge in [-0.25, -0.2) is 4.79 Å². The Morgan fingerprint density at radius 3 is 2.33 bits per heavy atom. The Kier molecular flexibility index (Phi) is 12.7. The molecule has 0 aliphatic heterocycles. The number of esters is 1. The summed E-state index contributed by atoms with van der Waals surface area (Å²) >= 11 is 0. The number of hydrogen-bond acceptors (Lipinski definition) is 4. The van der Waals surface area contributed by atoms with Gasteiger partial charge in [0.15, 0.2) is 0 Å². The maximum absolute atomic E-state index is 12.2. The van der Waals surface area contributed by atoms with Crippen LogP contribution >= 0.6 is 0 Å². The van der Waals surface area contributed by atoms with Crippen molar-refractivity contribution in [3.63, 3.8) is 0 Å². The van der Waals surface area contributed by atoms with Gasteiger partial charge < -0.3 is 14.8 Å². The molecule has 5 heteroatoms. The van der Waals surface area contributed by atoms with E-state index in [9.17, 15) is 9.59 Å². The van der Waals surface area contributed by atoms with Crippen molar-refractivity contribution >= 4 is 18.0 Å². The highest BCUT2D eigenvalue weighted by molar-refractivity contribution is 5.87. The Morgan fingerprint density at radius 1 is 1.00 bits per heavy atom. The minimum Gasteiger partial charge on any atom is -0.494 e. The maximum atomic E-state index is 12.2. The molecule has 1 amide bonds. The number of nitrogens with one attached hydrogen (secondary N) is 1. The third-order valence-corrected chi connectivity index (χ3v) is 6.42. The lowest BCUT2D eigenvalue weighted by atomic mass is 9.92. The molecule has 1 saturated carbocycles. The zero-order valence-corrected chi connectivity index (χ0v) is 20.8. The molecule has 5 nitrogen and oxygen atoms in total. The van der Waals surface area contributed by atoms with E-state index in [1.165, 1.54) is 38.2 Å². The summed E-state index contributed by atoms with van der Waals surface area (Å²) in [4.78, 5) is 24.2. The molecular formula is C28H43NO4. The molecule has 1 unspecified atom stereocenters. The van der Waals surface area contributed by atoms with Gasteiger partial charge in [0, 0.05) is 18.0 Å². The number of amides is 1. The quantitative estimate of drug-likeness (QED) is 0.198. The fourth-order valence-corrected chi connectivity index (χ4v) is 3.97. The van der Waals surface area contributed by atoms with Crippen LogP contribution in [0.25, 0.3) is 6.08 Å². The normalized spacial score (nSPS) is 19.2. The number of benzene rings is 1. The molecule has 0 aromatic heterocycles. The first kappa shape index (κ1) is 26.9. The number of unbranched alkanes of at least 4 members (excludes halogenated alkanes) is 5. The molecular weight excluding hydrogens is 414 g/mol. The van der Waals surface area contributed by atoms with Gasteiger partial charge >= 0.3 is 5.97 Å². The highest BCUT2D eigenvalue weighted by Gasteiger charge is 2.25. The maximum Gasteiger partial charge on any atom is 0.331 e. The second-order valence-corrected chi connectivity index (χ2v) is 9.25. The Bertz CT molecular complexity index is 720. The zero-order chi connectivity index (χ0) is 23.9. The molecule has 1 aliphatic rings. The van der Waals surface area contributed by atoms with Crippen LogP contribution in [-0.2, 0) is 14.3 Å². The summed E-state index contributed by atoms with van der Waals surface area (Å²) in [6.07, 6.45) is 14.8. The van der Waals surface area contributed by atoms with Crippen LogP contribution in [0.2, 0.25) is 0 Å². The van der Waals surface area contributed by atoms with Crippen LogP contribution in [0.15, 0.2) is 30.3 Å². The molecule has 2 rings (SSSR count). The minimum absolute atomic E-state index is 0.0478. The topological polar surface area (TPSA) is 64.6 Å². The lowest BCUT2D eigenvalue weighted by molar-refractivity contribution is -0.144. The number of rotatable bonds is 14. The lowest BCUT2D eigenvalue weighted by Crippen LogP contribution is -2.41. The first-order valence-corrected chi connectivity index (χ1v) is 12.9. The third kappa shape index (κ3) is 10.9. The average Bonchev–Trinajstić information content (AvgIpc) is 2.83. The van der Waals surface area contributed by atoms with Crippen molar-refractivity contribution in [2.45, 2.75) is 104 Å². The molecule has 0 saturated heterocycles. The van der Waals surface area contributed by atoms with E-state index >= 15 is 0 Å². The van der Waals surface area contributed by atoms with Crippen LogP contribution < -0.4 is 10.1 Å². The van der Waals surface area contributed by atoms with Crippen LogP contribution in [-0.4, -0.2) is 30.6 Å². The summed E-state index contributed by atoms with van der Waals surface area (Å²) in [5.74, 6) is 0.720. The van der Waals surface area contributed by atoms with Gasteiger partial charge in [0.05, 0.1) is 6.61 Å². The fourth-order valence-electron chi connectivity index (χ4n) is 3.97. The Morgan fingerprint density at radius 2 is 1.67 bits per heavy atom. The summed E-state index contributed by atoms with van der Waals surface area (Å²) in [5.41, 5.74) is 0.940. The van der Waals surface area contributed by atoms with Crippen LogP contribution in [0.5, 0.6) is 5.75 Å². The highest BCUT2D eigenvalue weighted by atomic mass is 16.5. The van der Waals surface area contributed by atoms with Crippen molar-refractivity contribution in [3.8, 4) is 5.75 Å².